The van der Waals surface area contributed by atoms with Crippen molar-refractivity contribution >= 4 is 23.1 Å². The van der Waals surface area contributed by atoms with E-state index in [1.165, 1.54) is 6.07 Å². The molecule has 0 bridgehead atoms. The lowest BCUT2D eigenvalue weighted by Crippen LogP contribution is -2.11. The van der Waals surface area contributed by atoms with E-state index >= 15 is 0 Å². The van der Waals surface area contributed by atoms with Crippen molar-refractivity contribution in [2.24, 2.45) is 0 Å². The van der Waals surface area contributed by atoms with Crippen LogP contribution in [-0.2, 0) is 6.54 Å². The summed E-state index contributed by atoms with van der Waals surface area (Å²) in [6.07, 6.45) is 2.80. The van der Waals surface area contributed by atoms with Gasteiger partial charge in [0.1, 0.15) is 18.3 Å². The maximum Gasteiger partial charge on any atom is 0.289 e. The van der Waals surface area contributed by atoms with E-state index in [1.807, 2.05) is 18.4 Å². The fraction of sp³-hybridized carbons (Fsp3) is 0.364. The normalized spacial score (nSPS) is 10.8. The van der Waals surface area contributed by atoms with Crippen LogP contribution in [0.15, 0.2) is 18.6 Å². The predicted molar refractivity (Wildman–Crippen MR) is 73.6 cm³/mol. The van der Waals surface area contributed by atoms with Gasteiger partial charge in [0.15, 0.2) is 5.82 Å². The molecule has 0 unspecified atom stereocenters. The number of nitro groups is 1. The third-order valence-electron chi connectivity index (χ3n) is 2.66. The molecule has 20 heavy (non-hydrogen) atoms. The van der Waals surface area contributed by atoms with Crippen molar-refractivity contribution in [2.75, 3.05) is 5.32 Å². The molecule has 106 valence electrons. The number of nitrogens with zero attached hydrogens (tertiary/aromatic N) is 5. The van der Waals surface area contributed by atoms with E-state index < -0.39 is 4.92 Å². The summed E-state index contributed by atoms with van der Waals surface area (Å²) in [5.41, 5.74) is -0.147. The van der Waals surface area contributed by atoms with Gasteiger partial charge in [0.05, 0.1) is 16.5 Å². The predicted octanol–water partition coefficient (Wildman–Crippen LogP) is 2.43. The molecular weight excluding hydrogens is 284 g/mol. The Hall–Kier alpha value is -2.22. The number of pyridine rings is 1. The molecule has 0 aromatic carbocycles. The van der Waals surface area contributed by atoms with E-state index in [-0.39, 0.29) is 16.8 Å². The van der Waals surface area contributed by atoms with Crippen LogP contribution < -0.4 is 5.32 Å². The van der Waals surface area contributed by atoms with Gasteiger partial charge in [-0.1, -0.05) is 11.6 Å². The van der Waals surface area contributed by atoms with Gasteiger partial charge in [-0.15, -0.1) is 10.2 Å². The zero-order valence-corrected chi connectivity index (χ0v) is 11.7. The summed E-state index contributed by atoms with van der Waals surface area (Å²) in [6, 6.07) is 1.49. The van der Waals surface area contributed by atoms with Crippen molar-refractivity contribution in [2.45, 2.75) is 26.4 Å². The molecule has 0 aliphatic heterocycles. The number of anilines is 1. The monoisotopic (exact) mass is 296 g/mol. The molecule has 0 radical (unpaired) electrons. The lowest BCUT2D eigenvalue weighted by atomic mass is 10.3. The van der Waals surface area contributed by atoms with Crippen LogP contribution in [0.2, 0.25) is 5.02 Å². The molecule has 2 aromatic heterocycles. The van der Waals surface area contributed by atoms with Gasteiger partial charge in [0.2, 0.25) is 0 Å². The molecule has 0 aliphatic carbocycles. The van der Waals surface area contributed by atoms with Crippen molar-refractivity contribution in [1.29, 1.82) is 0 Å². The molecular formula is C11H13ClN6O2. The first-order valence-electron chi connectivity index (χ1n) is 5.91. The summed E-state index contributed by atoms with van der Waals surface area (Å²) >= 11 is 5.94. The van der Waals surface area contributed by atoms with Crippen LogP contribution in [-0.4, -0.2) is 24.7 Å². The van der Waals surface area contributed by atoms with Crippen molar-refractivity contribution in [1.82, 2.24) is 19.7 Å². The highest BCUT2D eigenvalue weighted by Gasteiger charge is 2.12. The molecule has 0 saturated heterocycles. The minimum atomic E-state index is -0.544. The summed E-state index contributed by atoms with van der Waals surface area (Å²) in [7, 11) is 0. The number of hydrogen-bond acceptors (Lipinski definition) is 6. The zero-order chi connectivity index (χ0) is 14.7. The first-order chi connectivity index (χ1) is 9.49. The van der Waals surface area contributed by atoms with Crippen LogP contribution in [0.1, 0.15) is 25.7 Å². The van der Waals surface area contributed by atoms with Crippen LogP contribution in [0, 0.1) is 10.1 Å². The molecule has 0 saturated carbocycles. The second-order valence-electron chi connectivity index (χ2n) is 4.38. The van der Waals surface area contributed by atoms with Crippen LogP contribution in [0.25, 0.3) is 0 Å². The largest absolute Gasteiger partial charge is 0.362 e. The molecule has 1 N–H and O–H groups in total. The summed E-state index contributed by atoms with van der Waals surface area (Å²) in [5, 5.41) is 21.6. The standard InChI is InChI=1S/C11H13ClN6O2/c1-7(2)17-6-15-16-10(17)5-14-11-9(12)3-8(4-13-11)18(19)20/h3-4,6-7H,5H2,1-2H3,(H,13,14). The van der Waals surface area contributed by atoms with E-state index in [1.54, 1.807) is 6.33 Å². The lowest BCUT2D eigenvalue weighted by molar-refractivity contribution is -0.385. The maximum absolute atomic E-state index is 10.6. The van der Waals surface area contributed by atoms with Crippen molar-refractivity contribution in [3.63, 3.8) is 0 Å². The number of nitrogens with one attached hydrogen (secondary N) is 1. The summed E-state index contributed by atoms with van der Waals surface area (Å²) in [5.74, 6) is 1.10. The van der Waals surface area contributed by atoms with Gasteiger partial charge < -0.3 is 9.88 Å². The van der Waals surface area contributed by atoms with E-state index in [0.717, 1.165) is 12.0 Å². The van der Waals surface area contributed by atoms with Crippen molar-refractivity contribution < 1.29 is 4.92 Å². The molecule has 2 aromatic rings. The highest BCUT2D eigenvalue weighted by molar-refractivity contribution is 6.33. The molecule has 2 rings (SSSR count). The maximum atomic E-state index is 10.6. The number of halogens is 1. The topological polar surface area (TPSA) is 98.8 Å². The first-order valence-corrected chi connectivity index (χ1v) is 6.29. The Bertz CT molecular complexity index is 627. The van der Waals surface area contributed by atoms with E-state index in [2.05, 4.69) is 20.5 Å². The fourth-order valence-electron chi connectivity index (χ4n) is 1.64. The second kappa shape index (κ2) is 5.83. The van der Waals surface area contributed by atoms with Crippen molar-refractivity contribution in [3.05, 3.63) is 39.6 Å². The molecule has 0 amide bonds. The van der Waals surface area contributed by atoms with Gasteiger partial charge in [-0.05, 0) is 13.8 Å². The zero-order valence-electron chi connectivity index (χ0n) is 10.9. The van der Waals surface area contributed by atoms with E-state index in [4.69, 9.17) is 11.6 Å². The van der Waals surface area contributed by atoms with Gasteiger partial charge in [-0.25, -0.2) is 4.98 Å². The molecule has 9 heteroatoms. The Morgan fingerprint density at radius 1 is 1.55 bits per heavy atom. The van der Waals surface area contributed by atoms with E-state index in [0.29, 0.717) is 12.4 Å². The highest BCUT2D eigenvalue weighted by atomic mass is 35.5. The average Bonchev–Trinajstić information content (AvgIpc) is 2.85. The highest BCUT2D eigenvalue weighted by Crippen LogP contribution is 2.24. The third-order valence-corrected chi connectivity index (χ3v) is 2.94. The molecule has 0 spiro atoms. The Morgan fingerprint density at radius 2 is 2.30 bits per heavy atom. The number of aromatic nitrogens is 4. The molecule has 0 fully saturated rings. The number of rotatable bonds is 5. The first kappa shape index (κ1) is 14.2. The van der Waals surface area contributed by atoms with E-state index in [9.17, 15) is 10.1 Å². The molecule has 8 nitrogen and oxygen atoms in total. The summed E-state index contributed by atoms with van der Waals surface area (Å²) < 4.78 is 1.91. The molecule has 0 atom stereocenters. The summed E-state index contributed by atoms with van der Waals surface area (Å²) in [4.78, 5) is 14.0. The third kappa shape index (κ3) is 3.02. The molecule has 0 aliphatic rings. The Kier molecular flexibility index (Phi) is 4.14. The van der Waals surface area contributed by atoms with Crippen LogP contribution in [0.3, 0.4) is 0 Å². The fourth-order valence-corrected chi connectivity index (χ4v) is 1.87. The Labute approximate surface area is 120 Å². The minimum absolute atomic E-state index is 0.147. The minimum Gasteiger partial charge on any atom is -0.362 e. The SMILES string of the molecule is CC(C)n1cnnc1CNc1ncc([N+](=O)[O-])cc1Cl. The average molecular weight is 297 g/mol. The number of hydrogen-bond donors (Lipinski definition) is 1. The van der Waals surface area contributed by atoms with Gasteiger partial charge in [-0.3, -0.25) is 10.1 Å². The second-order valence-corrected chi connectivity index (χ2v) is 4.79. The van der Waals surface area contributed by atoms with Crippen LogP contribution >= 0.6 is 11.6 Å². The Balaban J connectivity index is 2.11. The lowest BCUT2D eigenvalue weighted by Gasteiger charge is -2.11. The quantitative estimate of drug-likeness (QED) is 0.672. The van der Waals surface area contributed by atoms with Gasteiger partial charge in [-0.2, -0.15) is 0 Å². The Morgan fingerprint density at radius 3 is 2.90 bits per heavy atom. The van der Waals surface area contributed by atoms with Gasteiger partial charge >= 0.3 is 0 Å². The van der Waals surface area contributed by atoms with Crippen LogP contribution in [0.5, 0.6) is 0 Å². The summed E-state index contributed by atoms with van der Waals surface area (Å²) in [6.45, 7) is 4.41. The van der Waals surface area contributed by atoms with Gasteiger partial charge in [0.25, 0.3) is 5.69 Å². The van der Waals surface area contributed by atoms with Crippen LogP contribution in [0.4, 0.5) is 11.5 Å². The van der Waals surface area contributed by atoms with Crippen molar-refractivity contribution in [3.8, 4) is 0 Å². The van der Waals surface area contributed by atoms with Gasteiger partial charge in [0, 0.05) is 12.1 Å². The smallest absolute Gasteiger partial charge is 0.289 e. The molecule has 2 heterocycles.